The quantitative estimate of drug-likeness (QED) is 0.589. The number of amides is 1. The van der Waals surface area contributed by atoms with Gasteiger partial charge in [-0.1, -0.05) is 22.0 Å². The van der Waals surface area contributed by atoms with Crippen molar-refractivity contribution in [2.75, 3.05) is 11.4 Å². The first-order valence-corrected chi connectivity index (χ1v) is 8.57. The minimum atomic E-state index is -0.443. The van der Waals surface area contributed by atoms with E-state index >= 15 is 0 Å². The minimum absolute atomic E-state index is 0.0558. The molecule has 1 fully saturated rings. The lowest BCUT2D eigenvalue weighted by molar-refractivity contribution is -0.139. The van der Waals surface area contributed by atoms with Gasteiger partial charge >= 0.3 is 5.97 Å². The molecule has 5 heteroatoms. The van der Waals surface area contributed by atoms with Crippen LogP contribution in [0.3, 0.4) is 0 Å². The van der Waals surface area contributed by atoms with Crippen LogP contribution in [-0.4, -0.2) is 18.4 Å². The molecule has 3 rings (SSSR count). The molecule has 2 aromatic carbocycles. The van der Waals surface area contributed by atoms with Crippen LogP contribution in [0.25, 0.3) is 0 Å². The lowest BCUT2D eigenvalue weighted by Gasteiger charge is -2.16. The molecule has 0 aromatic heterocycles. The largest absolute Gasteiger partial charge is 0.426 e. The number of rotatable bonds is 3. The highest BCUT2D eigenvalue weighted by molar-refractivity contribution is 9.10. The number of esters is 1. The lowest BCUT2D eigenvalue weighted by atomic mass is 10.1. The van der Waals surface area contributed by atoms with Gasteiger partial charge in [0.2, 0.25) is 5.91 Å². The van der Waals surface area contributed by atoms with Crippen molar-refractivity contribution in [1.82, 2.24) is 0 Å². The summed E-state index contributed by atoms with van der Waals surface area (Å²) in [5, 5.41) is 0. The molecule has 0 aliphatic carbocycles. The summed E-state index contributed by atoms with van der Waals surface area (Å²) >= 11 is 3.38. The lowest BCUT2D eigenvalue weighted by Crippen LogP contribution is -2.27. The van der Waals surface area contributed by atoms with Crippen LogP contribution in [0.1, 0.15) is 17.5 Å². The molecule has 0 N–H and O–H groups in total. The zero-order valence-electron chi connectivity index (χ0n) is 13.6. The van der Waals surface area contributed by atoms with Crippen molar-refractivity contribution in [2.24, 2.45) is 5.92 Å². The first-order chi connectivity index (χ1) is 11.4. The molecule has 0 saturated carbocycles. The topological polar surface area (TPSA) is 46.6 Å². The highest BCUT2D eigenvalue weighted by Gasteiger charge is 2.36. The van der Waals surface area contributed by atoms with E-state index in [1.54, 1.807) is 4.90 Å². The van der Waals surface area contributed by atoms with Crippen LogP contribution in [0.4, 0.5) is 5.69 Å². The number of anilines is 1. The number of nitrogens with zero attached hydrogens (tertiary/aromatic N) is 1. The van der Waals surface area contributed by atoms with E-state index < -0.39 is 5.92 Å². The fourth-order valence-electron chi connectivity index (χ4n) is 2.93. The highest BCUT2D eigenvalue weighted by Crippen LogP contribution is 2.28. The molecule has 4 nitrogen and oxygen atoms in total. The van der Waals surface area contributed by atoms with Crippen LogP contribution in [0.15, 0.2) is 46.9 Å². The summed E-state index contributed by atoms with van der Waals surface area (Å²) in [6, 6.07) is 13.2. The smallest absolute Gasteiger partial charge is 0.316 e. The van der Waals surface area contributed by atoms with Gasteiger partial charge in [0.05, 0.1) is 5.92 Å². The molecule has 0 unspecified atom stereocenters. The molecule has 124 valence electrons. The third kappa shape index (κ3) is 3.67. The molecule has 1 amide bonds. The standard InChI is InChI=1S/C19H18BrNO3/c1-12-7-13(2)9-17(8-12)24-19(23)14-10-18(22)21(11-14)16-5-3-15(20)4-6-16/h3-9,14H,10-11H2,1-2H3/t14-/m0/s1. The normalized spacial score (nSPS) is 17.2. The summed E-state index contributed by atoms with van der Waals surface area (Å²) in [4.78, 5) is 26.3. The molecular formula is C19H18BrNO3. The first kappa shape index (κ1) is 16.7. The van der Waals surface area contributed by atoms with Gasteiger partial charge in [-0.05, 0) is 61.4 Å². The van der Waals surface area contributed by atoms with Crippen molar-refractivity contribution >= 4 is 33.5 Å². The molecule has 1 aliphatic heterocycles. The molecule has 2 aromatic rings. The Bertz CT molecular complexity index is 765. The van der Waals surface area contributed by atoms with E-state index in [0.29, 0.717) is 12.3 Å². The van der Waals surface area contributed by atoms with E-state index in [1.807, 2.05) is 56.3 Å². The first-order valence-electron chi connectivity index (χ1n) is 7.78. The number of ether oxygens (including phenoxy) is 1. The van der Waals surface area contributed by atoms with E-state index in [4.69, 9.17) is 4.74 Å². The van der Waals surface area contributed by atoms with Crippen LogP contribution < -0.4 is 9.64 Å². The minimum Gasteiger partial charge on any atom is -0.426 e. The Morgan fingerprint density at radius 3 is 2.38 bits per heavy atom. The van der Waals surface area contributed by atoms with Crippen molar-refractivity contribution in [3.63, 3.8) is 0 Å². The predicted molar refractivity (Wildman–Crippen MR) is 96.2 cm³/mol. The number of carbonyl (C=O) groups excluding carboxylic acids is 2. The Morgan fingerprint density at radius 2 is 1.75 bits per heavy atom. The predicted octanol–water partition coefficient (Wildman–Crippen LogP) is 4.02. The molecule has 0 bridgehead atoms. The van der Waals surface area contributed by atoms with Crippen molar-refractivity contribution in [1.29, 1.82) is 0 Å². The zero-order chi connectivity index (χ0) is 17.3. The molecule has 0 spiro atoms. The van der Waals surface area contributed by atoms with Crippen molar-refractivity contribution in [2.45, 2.75) is 20.3 Å². The summed E-state index contributed by atoms with van der Waals surface area (Å²) in [7, 11) is 0. The molecule has 1 aliphatic rings. The summed E-state index contributed by atoms with van der Waals surface area (Å²) in [6.07, 6.45) is 0.180. The fraction of sp³-hybridized carbons (Fsp3) is 0.263. The summed E-state index contributed by atoms with van der Waals surface area (Å²) in [5.74, 6) is -0.318. The third-order valence-electron chi connectivity index (χ3n) is 4.01. The number of benzene rings is 2. The third-order valence-corrected chi connectivity index (χ3v) is 4.54. The van der Waals surface area contributed by atoms with E-state index in [-0.39, 0.29) is 18.3 Å². The molecule has 1 saturated heterocycles. The molecular weight excluding hydrogens is 370 g/mol. The Kier molecular flexibility index (Phi) is 4.71. The van der Waals surface area contributed by atoms with Crippen LogP contribution in [0.5, 0.6) is 5.75 Å². The maximum Gasteiger partial charge on any atom is 0.316 e. The molecule has 0 radical (unpaired) electrons. The SMILES string of the molecule is Cc1cc(C)cc(OC(=O)[C@H]2CC(=O)N(c3ccc(Br)cc3)C2)c1. The van der Waals surface area contributed by atoms with Crippen molar-refractivity contribution < 1.29 is 14.3 Å². The van der Waals surface area contributed by atoms with Crippen LogP contribution in [0.2, 0.25) is 0 Å². The summed E-state index contributed by atoms with van der Waals surface area (Å²) < 4.78 is 6.43. The van der Waals surface area contributed by atoms with Gasteiger partial charge in [0.15, 0.2) is 0 Å². The Balaban J connectivity index is 1.70. The van der Waals surface area contributed by atoms with Gasteiger partial charge in [-0.2, -0.15) is 0 Å². The Labute approximate surface area is 149 Å². The van der Waals surface area contributed by atoms with E-state index in [2.05, 4.69) is 15.9 Å². The van der Waals surface area contributed by atoms with Gasteiger partial charge in [-0.3, -0.25) is 9.59 Å². The zero-order valence-corrected chi connectivity index (χ0v) is 15.2. The molecule has 24 heavy (non-hydrogen) atoms. The molecule has 1 atom stereocenters. The number of hydrogen-bond acceptors (Lipinski definition) is 3. The second-order valence-corrected chi connectivity index (χ2v) is 7.04. The van der Waals surface area contributed by atoms with Gasteiger partial charge < -0.3 is 9.64 Å². The number of aryl methyl sites for hydroxylation is 2. The average Bonchev–Trinajstić information content (AvgIpc) is 2.89. The highest BCUT2D eigenvalue weighted by atomic mass is 79.9. The van der Waals surface area contributed by atoms with Gasteiger partial charge in [0, 0.05) is 23.1 Å². The van der Waals surface area contributed by atoms with Gasteiger partial charge in [0.1, 0.15) is 5.75 Å². The van der Waals surface area contributed by atoms with Crippen molar-refractivity contribution in [3.8, 4) is 5.75 Å². The van der Waals surface area contributed by atoms with Gasteiger partial charge in [0.25, 0.3) is 0 Å². The van der Waals surface area contributed by atoms with Gasteiger partial charge in [-0.15, -0.1) is 0 Å². The summed E-state index contributed by atoms with van der Waals surface area (Å²) in [6.45, 7) is 4.27. The van der Waals surface area contributed by atoms with Crippen LogP contribution in [0, 0.1) is 19.8 Å². The van der Waals surface area contributed by atoms with E-state index in [9.17, 15) is 9.59 Å². The molecule has 1 heterocycles. The average molecular weight is 388 g/mol. The monoisotopic (exact) mass is 387 g/mol. The second-order valence-electron chi connectivity index (χ2n) is 6.13. The van der Waals surface area contributed by atoms with Crippen LogP contribution >= 0.6 is 15.9 Å². The Morgan fingerprint density at radius 1 is 1.12 bits per heavy atom. The number of halogens is 1. The maximum atomic E-state index is 12.4. The van der Waals surface area contributed by atoms with Crippen LogP contribution in [-0.2, 0) is 9.59 Å². The van der Waals surface area contributed by atoms with E-state index in [0.717, 1.165) is 21.3 Å². The summed E-state index contributed by atoms with van der Waals surface area (Å²) in [5.41, 5.74) is 2.87. The number of carbonyl (C=O) groups is 2. The fourth-order valence-corrected chi connectivity index (χ4v) is 3.19. The number of hydrogen-bond donors (Lipinski definition) is 0. The maximum absolute atomic E-state index is 12.4. The Hall–Kier alpha value is -2.14. The van der Waals surface area contributed by atoms with E-state index in [1.165, 1.54) is 0 Å². The van der Waals surface area contributed by atoms with Gasteiger partial charge in [-0.25, -0.2) is 0 Å². The van der Waals surface area contributed by atoms with Crippen molar-refractivity contribution in [3.05, 3.63) is 58.1 Å². The second kappa shape index (κ2) is 6.77.